The van der Waals surface area contributed by atoms with Crippen molar-refractivity contribution in [1.29, 1.82) is 0 Å². The van der Waals surface area contributed by atoms with Gasteiger partial charge in [-0.25, -0.2) is 8.42 Å². The molecule has 0 aliphatic carbocycles. The molecule has 0 atom stereocenters. The SMILES string of the molecule is CC(=O)Nc1ccc(S(=O)(=O)N(CCO)Cc2ccccc2)cc1Cl. The number of carbonyl (C=O) groups is 1. The summed E-state index contributed by atoms with van der Waals surface area (Å²) in [5, 5.41) is 11.9. The minimum atomic E-state index is -3.85. The van der Waals surface area contributed by atoms with Crippen LogP contribution in [0.25, 0.3) is 0 Å². The Morgan fingerprint density at radius 2 is 1.88 bits per heavy atom. The molecule has 0 radical (unpaired) electrons. The van der Waals surface area contributed by atoms with Crippen molar-refractivity contribution >= 4 is 33.2 Å². The van der Waals surface area contributed by atoms with Crippen LogP contribution in [0.2, 0.25) is 5.02 Å². The van der Waals surface area contributed by atoms with Crippen LogP contribution in [0.3, 0.4) is 0 Å². The van der Waals surface area contributed by atoms with E-state index in [9.17, 15) is 18.3 Å². The van der Waals surface area contributed by atoms with Crippen molar-refractivity contribution in [1.82, 2.24) is 4.31 Å². The van der Waals surface area contributed by atoms with E-state index in [-0.39, 0.29) is 35.5 Å². The topological polar surface area (TPSA) is 86.7 Å². The lowest BCUT2D eigenvalue weighted by Gasteiger charge is -2.22. The van der Waals surface area contributed by atoms with Crippen LogP contribution in [0, 0.1) is 0 Å². The highest BCUT2D eigenvalue weighted by atomic mass is 35.5. The lowest BCUT2D eigenvalue weighted by molar-refractivity contribution is -0.114. The van der Waals surface area contributed by atoms with Crippen molar-refractivity contribution in [3.05, 3.63) is 59.1 Å². The molecule has 25 heavy (non-hydrogen) atoms. The molecule has 2 aromatic carbocycles. The van der Waals surface area contributed by atoms with Gasteiger partial charge in [0.25, 0.3) is 0 Å². The molecule has 2 rings (SSSR count). The Labute approximate surface area is 152 Å². The number of hydrogen-bond donors (Lipinski definition) is 2. The highest BCUT2D eigenvalue weighted by molar-refractivity contribution is 7.89. The van der Waals surface area contributed by atoms with Crippen LogP contribution in [-0.4, -0.2) is 36.9 Å². The van der Waals surface area contributed by atoms with Crippen LogP contribution in [0.5, 0.6) is 0 Å². The first-order valence-corrected chi connectivity index (χ1v) is 9.38. The molecule has 0 bridgehead atoms. The number of halogens is 1. The van der Waals surface area contributed by atoms with Gasteiger partial charge >= 0.3 is 0 Å². The smallest absolute Gasteiger partial charge is 0.243 e. The maximum Gasteiger partial charge on any atom is 0.243 e. The Kier molecular flexibility index (Phi) is 6.55. The van der Waals surface area contributed by atoms with Crippen molar-refractivity contribution in [3.63, 3.8) is 0 Å². The number of anilines is 1. The number of amides is 1. The van der Waals surface area contributed by atoms with E-state index in [0.29, 0.717) is 5.69 Å². The molecule has 2 N–H and O–H groups in total. The van der Waals surface area contributed by atoms with E-state index < -0.39 is 10.0 Å². The van der Waals surface area contributed by atoms with Crippen molar-refractivity contribution < 1.29 is 18.3 Å². The maximum atomic E-state index is 12.9. The van der Waals surface area contributed by atoms with Crippen LogP contribution < -0.4 is 5.32 Å². The highest BCUT2D eigenvalue weighted by Gasteiger charge is 2.25. The molecule has 0 heterocycles. The Hall–Kier alpha value is -1.93. The van der Waals surface area contributed by atoms with Crippen molar-refractivity contribution in [2.45, 2.75) is 18.4 Å². The van der Waals surface area contributed by atoms with Gasteiger partial charge in [0.15, 0.2) is 0 Å². The molecule has 2 aromatic rings. The zero-order valence-electron chi connectivity index (χ0n) is 13.6. The number of aliphatic hydroxyl groups is 1. The van der Waals surface area contributed by atoms with Gasteiger partial charge in [0, 0.05) is 20.0 Å². The van der Waals surface area contributed by atoms with E-state index in [2.05, 4.69) is 5.32 Å². The van der Waals surface area contributed by atoms with E-state index in [0.717, 1.165) is 5.56 Å². The molecule has 0 saturated carbocycles. The van der Waals surface area contributed by atoms with Gasteiger partial charge in [-0.15, -0.1) is 0 Å². The summed E-state index contributed by atoms with van der Waals surface area (Å²) in [4.78, 5) is 11.1. The van der Waals surface area contributed by atoms with E-state index in [1.165, 1.54) is 29.4 Å². The van der Waals surface area contributed by atoms with Crippen molar-refractivity contribution in [2.75, 3.05) is 18.5 Å². The second-order valence-electron chi connectivity index (χ2n) is 5.37. The molecule has 134 valence electrons. The Bertz CT molecular complexity index is 841. The summed E-state index contributed by atoms with van der Waals surface area (Å²) in [7, 11) is -3.85. The Morgan fingerprint density at radius 3 is 2.44 bits per heavy atom. The molecule has 0 spiro atoms. The fourth-order valence-electron chi connectivity index (χ4n) is 2.28. The third kappa shape index (κ3) is 5.02. The molecule has 1 amide bonds. The molecule has 0 aromatic heterocycles. The summed E-state index contributed by atoms with van der Waals surface area (Å²) in [6.07, 6.45) is 0. The Morgan fingerprint density at radius 1 is 1.20 bits per heavy atom. The lowest BCUT2D eigenvalue weighted by Crippen LogP contribution is -2.33. The predicted octanol–water partition coefficient (Wildman–Crippen LogP) is 2.48. The summed E-state index contributed by atoms with van der Waals surface area (Å²) < 4.78 is 26.9. The lowest BCUT2D eigenvalue weighted by atomic mass is 10.2. The van der Waals surface area contributed by atoms with Crippen molar-refractivity contribution in [3.8, 4) is 0 Å². The number of benzene rings is 2. The predicted molar refractivity (Wildman–Crippen MR) is 96.9 cm³/mol. The molecule has 0 saturated heterocycles. The number of hydrogen-bond acceptors (Lipinski definition) is 4. The normalized spacial score (nSPS) is 11.5. The van der Waals surface area contributed by atoms with Gasteiger partial charge in [-0.1, -0.05) is 41.9 Å². The van der Waals surface area contributed by atoms with Gasteiger partial charge in [0.1, 0.15) is 0 Å². The summed E-state index contributed by atoms with van der Waals surface area (Å²) in [5.74, 6) is -0.302. The first-order chi connectivity index (χ1) is 11.8. The van der Waals surface area contributed by atoms with Gasteiger partial charge in [0.05, 0.1) is 22.2 Å². The average molecular weight is 383 g/mol. The van der Waals surface area contributed by atoms with Crippen LogP contribution in [-0.2, 0) is 21.4 Å². The van der Waals surface area contributed by atoms with Crippen molar-refractivity contribution in [2.24, 2.45) is 0 Å². The van der Waals surface area contributed by atoms with Gasteiger partial charge in [-0.3, -0.25) is 4.79 Å². The maximum absolute atomic E-state index is 12.9. The first-order valence-electron chi connectivity index (χ1n) is 7.56. The summed E-state index contributed by atoms with van der Waals surface area (Å²) >= 11 is 6.07. The minimum Gasteiger partial charge on any atom is -0.395 e. The zero-order chi connectivity index (χ0) is 18.4. The van der Waals surface area contributed by atoms with E-state index in [1.807, 2.05) is 30.3 Å². The van der Waals surface area contributed by atoms with Crippen LogP contribution in [0.4, 0.5) is 5.69 Å². The highest BCUT2D eigenvalue weighted by Crippen LogP contribution is 2.27. The third-order valence-corrected chi connectivity index (χ3v) is 5.59. The minimum absolute atomic E-state index is 0.00372. The fraction of sp³-hybridized carbons (Fsp3) is 0.235. The van der Waals surface area contributed by atoms with Gasteiger partial charge in [-0.05, 0) is 23.8 Å². The molecular weight excluding hydrogens is 364 g/mol. The fourth-order valence-corrected chi connectivity index (χ4v) is 4.02. The quantitative estimate of drug-likeness (QED) is 0.770. The van der Waals surface area contributed by atoms with Gasteiger partial charge in [-0.2, -0.15) is 4.31 Å². The number of carbonyl (C=O) groups excluding carboxylic acids is 1. The van der Waals surface area contributed by atoms with E-state index >= 15 is 0 Å². The second kappa shape index (κ2) is 8.44. The Balaban J connectivity index is 2.33. The zero-order valence-corrected chi connectivity index (χ0v) is 15.2. The largest absolute Gasteiger partial charge is 0.395 e. The summed E-state index contributed by atoms with van der Waals surface area (Å²) in [5.41, 5.74) is 1.14. The number of nitrogens with one attached hydrogen (secondary N) is 1. The summed E-state index contributed by atoms with van der Waals surface area (Å²) in [6.45, 7) is 1.13. The standard InChI is InChI=1S/C17H19ClN2O4S/c1-13(22)19-17-8-7-15(11-16(17)18)25(23,24)20(9-10-21)12-14-5-3-2-4-6-14/h2-8,11,21H,9-10,12H2,1H3,(H,19,22). The molecule has 0 aliphatic heterocycles. The first kappa shape index (κ1) is 19.4. The third-order valence-electron chi connectivity index (χ3n) is 3.44. The van der Waals surface area contributed by atoms with E-state index in [4.69, 9.17) is 11.6 Å². The number of rotatable bonds is 7. The van der Waals surface area contributed by atoms with Crippen LogP contribution in [0.15, 0.2) is 53.4 Å². The molecule has 6 nitrogen and oxygen atoms in total. The van der Waals surface area contributed by atoms with Crippen LogP contribution in [0.1, 0.15) is 12.5 Å². The number of nitrogens with zero attached hydrogens (tertiary/aromatic N) is 1. The molecular formula is C17H19ClN2O4S. The number of sulfonamides is 1. The molecule has 0 aliphatic rings. The second-order valence-corrected chi connectivity index (χ2v) is 7.72. The summed E-state index contributed by atoms with van der Waals surface area (Å²) in [6, 6.07) is 13.2. The van der Waals surface area contributed by atoms with Gasteiger partial charge < -0.3 is 10.4 Å². The molecule has 0 unspecified atom stereocenters. The average Bonchev–Trinajstić information content (AvgIpc) is 2.57. The van der Waals surface area contributed by atoms with Gasteiger partial charge in [0.2, 0.25) is 15.9 Å². The molecule has 0 fully saturated rings. The van der Waals surface area contributed by atoms with E-state index in [1.54, 1.807) is 0 Å². The monoisotopic (exact) mass is 382 g/mol. The molecule has 8 heteroatoms. The number of aliphatic hydroxyl groups excluding tert-OH is 1. The van der Waals surface area contributed by atoms with Crippen LogP contribution >= 0.6 is 11.6 Å².